The highest BCUT2D eigenvalue weighted by molar-refractivity contribution is 7.88. The van der Waals surface area contributed by atoms with E-state index in [-0.39, 0.29) is 24.5 Å². The summed E-state index contributed by atoms with van der Waals surface area (Å²) < 4.78 is 25.4. The molecule has 25 heavy (non-hydrogen) atoms. The van der Waals surface area contributed by atoms with Gasteiger partial charge in [0.2, 0.25) is 15.9 Å². The molecule has 6 nitrogen and oxygen atoms in total. The molecule has 0 radical (unpaired) electrons. The summed E-state index contributed by atoms with van der Waals surface area (Å²) in [5, 5.41) is 0.669. The fraction of sp³-hybridized carbons (Fsp3) is 0.588. The Kier molecular flexibility index (Phi) is 6.85. The van der Waals surface area contributed by atoms with Crippen molar-refractivity contribution in [1.29, 1.82) is 0 Å². The minimum Gasteiger partial charge on any atom is -0.338 e. The molecule has 1 aromatic rings. The summed E-state index contributed by atoms with van der Waals surface area (Å²) in [5.74, 6) is 0.0162. The molecule has 1 amide bonds. The molecule has 1 aliphatic rings. The van der Waals surface area contributed by atoms with E-state index in [1.165, 1.54) is 6.26 Å². The van der Waals surface area contributed by atoms with Gasteiger partial charge >= 0.3 is 0 Å². The van der Waals surface area contributed by atoms with Gasteiger partial charge in [0.25, 0.3) is 0 Å². The summed E-state index contributed by atoms with van der Waals surface area (Å²) in [4.78, 5) is 16.3. The Labute approximate surface area is 155 Å². The molecule has 1 saturated heterocycles. The minimum absolute atomic E-state index is 0.0162. The van der Waals surface area contributed by atoms with Gasteiger partial charge in [0.05, 0.1) is 18.8 Å². The largest absolute Gasteiger partial charge is 0.338 e. The van der Waals surface area contributed by atoms with E-state index in [9.17, 15) is 13.2 Å². The number of nitrogens with zero attached hydrogens (tertiary/aromatic N) is 2. The third kappa shape index (κ3) is 6.26. The highest BCUT2D eigenvalue weighted by atomic mass is 35.5. The third-order valence-electron chi connectivity index (χ3n) is 4.57. The monoisotopic (exact) mass is 387 g/mol. The van der Waals surface area contributed by atoms with Gasteiger partial charge in [-0.15, -0.1) is 0 Å². The maximum absolute atomic E-state index is 12.6. The number of rotatable bonds is 6. The zero-order valence-electron chi connectivity index (χ0n) is 14.9. The predicted molar refractivity (Wildman–Crippen MR) is 100 cm³/mol. The van der Waals surface area contributed by atoms with Crippen LogP contribution >= 0.6 is 11.6 Å². The molecule has 1 N–H and O–H groups in total. The van der Waals surface area contributed by atoms with E-state index in [4.69, 9.17) is 11.6 Å². The van der Waals surface area contributed by atoms with Gasteiger partial charge in [0.15, 0.2) is 0 Å². The molecule has 0 saturated carbocycles. The maximum atomic E-state index is 12.6. The van der Waals surface area contributed by atoms with Crippen molar-refractivity contribution >= 4 is 27.5 Å². The van der Waals surface area contributed by atoms with Gasteiger partial charge in [-0.2, -0.15) is 0 Å². The van der Waals surface area contributed by atoms with E-state index >= 15 is 0 Å². The van der Waals surface area contributed by atoms with Gasteiger partial charge < -0.3 is 4.90 Å². The van der Waals surface area contributed by atoms with E-state index in [0.717, 1.165) is 24.9 Å². The van der Waals surface area contributed by atoms with Crippen LogP contribution in [-0.4, -0.2) is 63.1 Å². The summed E-state index contributed by atoms with van der Waals surface area (Å²) in [5.41, 5.74) is 1.02. The van der Waals surface area contributed by atoms with Crippen molar-refractivity contribution in [2.45, 2.75) is 31.8 Å². The molecule has 1 fully saturated rings. The number of carbonyl (C=O) groups is 1. The van der Waals surface area contributed by atoms with E-state index < -0.39 is 10.0 Å². The number of halogens is 1. The smallest absolute Gasteiger partial charge is 0.236 e. The number of amides is 1. The van der Waals surface area contributed by atoms with Crippen LogP contribution in [0.25, 0.3) is 0 Å². The summed E-state index contributed by atoms with van der Waals surface area (Å²) >= 11 is 5.91. The second kappa shape index (κ2) is 8.49. The highest BCUT2D eigenvalue weighted by Crippen LogP contribution is 2.21. The van der Waals surface area contributed by atoms with Crippen LogP contribution in [0, 0.1) is 0 Å². The first-order chi connectivity index (χ1) is 11.7. The lowest BCUT2D eigenvalue weighted by Gasteiger charge is -2.34. The van der Waals surface area contributed by atoms with Gasteiger partial charge in [0.1, 0.15) is 0 Å². The number of hydrogen-bond donors (Lipinski definition) is 1. The maximum Gasteiger partial charge on any atom is 0.236 e. The normalized spacial score (nSPS) is 20.2. The van der Waals surface area contributed by atoms with Crippen molar-refractivity contribution in [2.75, 3.05) is 32.9 Å². The number of hydrogen-bond acceptors (Lipinski definition) is 4. The van der Waals surface area contributed by atoms with Gasteiger partial charge in [0, 0.05) is 24.7 Å². The van der Waals surface area contributed by atoms with Crippen LogP contribution in [0.4, 0.5) is 0 Å². The van der Waals surface area contributed by atoms with Crippen molar-refractivity contribution in [3.8, 4) is 0 Å². The molecular weight excluding hydrogens is 362 g/mol. The molecule has 2 atom stereocenters. The first-order valence-corrected chi connectivity index (χ1v) is 10.6. The predicted octanol–water partition coefficient (Wildman–Crippen LogP) is 1.87. The molecule has 2 rings (SSSR count). The molecule has 0 bridgehead atoms. The van der Waals surface area contributed by atoms with E-state index in [1.54, 1.807) is 11.9 Å². The summed E-state index contributed by atoms with van der Waals surface area (Å²) in [7, 11) is -1.44. The van der Waals surface area contributed by atoms with Gasteiger partial charge in [-0.1, -0.05) is 23.7 Å². The second-order valence-corrected chi connectivity index (χ2v) is 8.91. The average Bonchev–Trinajstić information content (AvgIpc) is 2.53. The van der Waals surface area contributed by atoms with Crippen molar-refractivity contribution in [3.05, 3.63) is 34.9 Å². The SMILES string of the molecule is CC(c1ccc(Cl)cc1)N(C)C(=O)CN1CCCC(NS(C)(=O)=O)C1. The van der Waals surface area contributed by atoms with Crippen molar-refractivity contribution in [2.24, 2.45) is 0 Å². The zero-order valence-corrected chi connectivity index (χ0v) is 16.5. The number of likely N-dealkylation sites (tertiary alicyclic amines) is 1. The van der Waals surface area contributed by atoms with Crippen molar-refractivity contribution in [1.82, 2.24) is 14.5 Å². The molecule has 0 aliphatic carbocycles. The zero-order chi connectivity index (χ0) is 18.6. The Morgan fingerprint density at radius 3 is 2.64 bits per heavy atom. The number of piperidine rings is 1. The molecule has 140 valence electrons. The second-order valence-electron chi connectivity index (χ2n) is 6.70. The Morgan fingerprint density at radius 2 is 2.04 bits per heavy atom. The first kappa shape index (κ1) is 20.2. The lowest BCUT2D eigenvalue weighted by molar-refractivity contribution is -0.133. The number of nitrogens with one attached hydrogen (secondary N) is 1. The molecule has 1 aliphatic heterocycles. The highest BCUT2D eigenvalue weighted by Gasteiger charge is 2.26. The Balaban J connectivity index is 1.92. The average molecular weight is 388 g/mol. The van der Waals surface area contributed by atoms with Gasteiger partial charge in [-0.3, -0.25) is 9.69 Å². The lowest BCUT2D eigenvalue weighted by Crippen LogP contribution is -2.50. The summed E-state index contributed by atoms with van der Waals surface area (Å²) in [6.07, 6.45) is 2.84. The minimum atomic E-state index is -3.23. The van der Waals surface area contributed by atoms with Gasteiger partial charge in [-0.25, -0.2) is 13.1 Å². The lowest BCUT2D eigenvalue weighted by atomic mass is 10.1. The van der Waals surface area contributed by atoms with E-state index in [2.05, 4.69) is 4.72 Å². The van der Waals surface area contributed by atoms with Crippen LogP contribution in [0.3, 0.4) is 0 Å². The Hall–Kier alpha value is -1.15. The topological polar surface area (TPSA) is 69.7 Å². The number of likely N-dealkylation sites (N-methyl/N-ethyl adjacent to an activating group) is 1. The quantitative estimate of drug-likeness (QED) is 0.809. The summed E-state index contributed by atoms with van der Waals surface area (Å²) in [6.45, 7) is 3.63. The van der Waals surface area contributed by atoms with Crippen LogP contribution in [0.5, 0.6) is 0 Å². The number of benzene rings is 1. The molecule has 2 unspecified atom stereocenters. The van der Waals surface area contributed by atoms with E-state index in [0.29, 0.717) is 11.6 Å². The van der Waals surface area contributed by atoms with Crippen LogP contribution < -0.4 is 4.72 Å². The fourth-order valence-corrected chi connectivity index (χ4v) is 4.01. The molecule has 1 aromatic carbocycles. The molecular formula is C17H26ClN3O3S. The van der Waals surface area contributed by atoms with Crippen LogP contribution in [0.2, 0.25) is 5.02 Å². The van der Waals surface area contributed by atoms with Gasteiger partial charge in [-0.05, 0) is 44.0 Å². The number of sulfonamides is 1. The van der Waals surface area contributed by atoms with E-state index in [1.807, 2.05) is 36.1 Å². The fourth-order valence-electron chi connectivity index (χ4n) is 3.08. The first-order valence-electron chi connectivity index (χ1n) is 8.36. The Morgan fingerprint density at radius 1 is 1.40 bits per heavy atom. The summed E-state index contributed by atoms with van der Waals surface area (Å²) in [6, 6.07) is 7.29. The van der Waals surface area contributed by atoms with Crippen molar-refractivity contribution in [3.63, 3.8) is 0 Å². The van der Waals surface area contributed by atoms with Crippen LogP contribution in [0.1, 0.15) is 31.4 Å². The molecule has 1 heterocycles. The molecule has 0 spiro atoms. The molecule has 8 heteroatoms. The van der Waals surface area contributed by atoms with Crippen molar-refractivity contribution < 1.29 is 13.2 Å². The number of carbonyl (C=O) groups excluding carboxylic acids is 1. The molecule has 0 aromatic heterocycles. The Bertz CT molecular complexity index is 694. The third-order valence-corrected chi connectivity index (χ3v) is 5.59. The van der Waals surface area contributed by atoms with Crippen LogP contribution in [0.15, 0.2) is 24.3 Å². The standard InChI is InChI=1S/C17H26ClN3O3S/c1-13(14-6-8-15(18)9-7-14)20(2)17(22)12-21-10-4-5-16(11-21)19-25(3,23)24/h6-9,13,16,19H,4-5,10-12H2,1-3H3. The van der Waals surface area contributed by atoms with Crippen LogP contribution in [-0.2, 0) is 14.8 Å².